The van der Waals surface area contributed by atoms with Crippen LogP contribution in [0.1, 0.15) is 16.1 Å². The van der Waals surface area contributed by atoms with Gasteiger partial charge in [-0.2, -0.15) is 5.10 Å². The number of Topliss-reactive ketones (excluding diaryl/α,β-unsaturated/α-hetero) is 1. The molecule has 0 N–H and O–H groups in total. The maximum absolute atomic E-state index is 12.0. The van der Waals surface area contributed by atoms with Gasteiger partial charge in [-0.25, -0.2) is 0 Å². The number of benzene rings is 1. The lowest BCUT2D eigenvalue weighted by atomic mass is 10.1. The molecule has 0 aliphatic rings. The van der Waals surface area contributed by atoms with Gasteiger partial charge in [0.25, 0.3) is 0 Å². The monoisotopic (exact) mass is 284 g/mol. The third-order valence-electron chi connectivity index (χ3n) is 2.52. The first-order valence-corrected chi connectivity index (χ1v) is 5.71. The van der Waals surface area contributed by atoms with Crippen molar-refractivity contribution in [1.29, 1.82) is 0 Å². The van der Waals surface area contributed by atoms with E-state index in [-0.39, 0.29) is 18.0 Å². The number of halogens is 3. The number of hydrogen-bond acceptors (Lipinski definition) is 3. The lowest BCUT2D eigenvalue weighted by Gasteiger charge is -2.08. The number of ketones is 1. The van der Waals surface area contributed by atoms with Gasteiger partial charge in [-0.3, -0.25) is 9.48 Å². The quantitative estimate of drug-likeness (QED) is 0.811. The minimum absolute atomic E-state index is 0.0727. The van der Waals surface area contributed by atoms with E-state index in [4.69, 9.17) is 0 Å². The number of nitrogens with zero attached hydrogens (tertiary/aromatic N) is 2. The summed E-state index contributed by atoms with van der Waals surface area (Å²) in [7, 11) is 1.69. The van der Waals surface area contributed by atoms with Crippen LogP contribution in [-0.2, 0) is 13.5 Å². The molecule has 0 atom stereocenters. The maximum Gasteiger partial charge on any atom is 0.573 e. The van der Waals surface area contributed by atoms with Crippen molar-refractivity contribution in [2.24, 2.45) is 7.05 Å². The zero-order chi connectivity index (χ0) is 14.8. The summed E-state index contributed by atoms with van der Waals surface area (Å²) >= 11 is 0. The molecule has 1 aromatic heterocycles. The Morgan fingerprint density at radius 1 is 1.25 bits per heavy atom. The topological polar surface area (TPSA) is 44.1 Å². The van der Waals surface area contributed by atoms with Gasteiger partial charge in [-0.15, -0.1) is 13.2 Å². The van der Waals surface area contributed by atoms with Crippen molar-refractivity contribution in [2.45, 2.75) is 12.8 Å². The average Bonchev–Trinajstić information content (AvgIpc) is 2.77. The Labute approximate surface area is 112 Å². The summed E-state index contributed by atoms with van der Waals surface area (Å²) in [5, 5.41) is 3.97. The van der Waals surface area contributed by atoms with Crippen LogP contribution in [0.2, 0.25) is 0 Å². The molecule has 2 rings (SSSR count). The van der Waals surface area contributed by atoms with Gasteiger partial charge in [0.1, 0.15) is 11.4 Å². The third-order valence-corrected chi connectivity index (χ3v) is 2.52. The highest BCUT2D eigenvalue weighted by molar-refractivity contribution is 5.95. The predicted octanol–water partition coefficient (Wildman–Crippen LogP) is 2.74. The van der Waals surface area contributed by atoms with Crippen LogP contribution < -0.4 is 4.74 Å². The Bertz CT molecular complexity index is 603. The Hall–Kier alpha value is -2.31. The highest BCUT2D eigenvalue weighted by Gasteiger charge is 2.30. The molecule has 0 fully saturated rings. The van der Waals surface area contributed by atoms with Crippen LogP contribution in [0.3, 0.4) is 0 Å². The van der Waals surface area contributed by atoms with Crippen LogP contribution in [0.4, 0.5) is 13.2 Å². The molecular weight excluding hydrogens is 273 g/mol. The normalized spacial score (nSPS) is 11.4. The lowest BCUT2D eigenvalue weighted by Crippen LogP contribution is -2.17. The zero-order valence-corrected chi connectivity index (χ0v) is 10.5. The number of carbonyl (C=O) groups excluding carboxylic acids is 1. The predicted molar refractivity (Wildman–Crippen MR) is 64.4 cm³/mol. The molecule has 0 saturated heterocycles. The summed E-state index contributed by atoms with van der Waals surface area (Å²) in [4.78, 5) is 11.9. The van der Waals surface area contributed by atoms with Gasteiger partial charge >= 0.3 is 6.36 Å². The zero-order valence-electron chi connectivity index (χ0n) is 10.5. The molecule has 4 nitrogen and oxygen atoms in total. The fourth-order valence-electron chi connectivity index (χ4n) is 1.65. The number of ether oxygens (including phenoxy) is 1. The summed E-state index contributed by atoms with van der Waals surface area (Å²) in [6.07, 6.45) is -3.00. The molecule has 106 valence electrons. The molecule has 0 amide bonds. The van der Waals surface area contributed by atoms with Gasteiger partial charge < -0.3 is 4.74 Å². The highest BCUT2D eigenvalue weighted by atomic mass is 19.4. The van der Waals surface area contributed by atoms with Gasteiger partial charge in [-0.05, 0) is 23.8 Å². The van der Waals surface area contributed by atoms with E-state index in [0.717, 1.165) is 0 Å². The van der Waals surface area contributed by atoms with Crippen molar-refractivity contribution < 1.29 is 22.7 Å². The largest absolute Gasteiger partial charge is 0.573 e. The molecule has 1 heterocycles. The Kier molecular flexibility index (Phi) is 3.78. The number of alkyl halides is 3. The number of carbonyl (C=O) groups is 1. The molecule has 2 aromatic rings. The van der Waals surface area contributed by atoms with Gasteiger partial charge in [0.05, 0.1) is 0 Å². The molecule has 0 unspecified atom stereocenters. The second kappa shape index (κ2) is 5.36. The van der Waals surface area contributed by atoms with Gasteiger partial charge in [0.2, 0.25) is 0 Å². The molecule has 0 bridgehead atoms. The summed E-state index contributed by atoms with van der Waals surface area (Å²) in [6.45, 7) is 0. The van der Waals surface area contributed by atoms with Crippen LogP contribution in [0.5, 0.6) is 5.75 Å². The fraction of sp³-hybridized carbons (Fsp3) is 0.231. The van der Waals surface area contributed by atoms with Crippen molar-refractivity contribution in [2.75, 3.05) is 0 Å². The molecule has 0 aliphatic carbocycles. The molecule has 7 heteroatoms. The van der Waals surface area contributed by atoms with Crippen LogP contribution in [0.15, 0.2) is 36.5 Å². The summed E-state index contributed by atoms with van der Waals surface area (Å²) < 4.78 is 41.2. The lowest BCUT2D eigenvalue weighted by molar-refractivity contribution is -0.274. The average molecular weight is 284 g/mol. The Balaban J connectivity index is 2.02. The number of rotatable bonds is 4. The number of aromatic nitrogens is 2. The molecule has 0 spiro atoms. The van der Waals surface area contributed by atoms with E-state index in [0.29, 0.717) is 11.3 Å². The maximum atomic E-state index is 12.0. The van der Waals surface area contributed by atoms with E-state index in [2.05, 4.69) is 9.84 Å². The number of hydrogen-bond donors (Lipinski definition) is 0. The van der Waals surface area contributed by atoms with Crippen molar-refractivity contribution in [1.82, 2.24) is 9.78 Å². The van der Waals surface area contributed by atoms with Crippen LogP contribution in [0.25, 0.3) is 0 Å². The van der Waals surface area contributed by atoms with Crippen molar-refractivity contribution in [3.8, 4) is 5.75 Å². The first kappa shape index (κ1) is 14.1. The van der Waals surface area contributed by atoms with Crippen LogP contribution in [-0.4, -0.2) is 21.9 Å². The van der Waals surface area contributed by atoms with E-state index in [1.165, 1.54) is 28.9 Å². The standard InChI is InChI=1S/C13H11F3N2O2/c1-18-7-6-11(17-18)12(19)8-9-2-4-10(5-3-9)20-13(14,15)16/h2-7H,8H2,1H3. The second-order valence-electron chi connectivity index (χ2n) is 4.17. The number of aryl methyl sites for hydroxylation is 1. The highest BCUT2D eigenvalue weighted by Crippen LogP contribution is 2.23. The van der Waals surface area contributed by atoms with E-state index < -0.39 is 6.36 Å². The van der Waals surface area contributed by atoms with Crippen molar-refractivity contribution >= 4 is 5.78 Å². The minimum atomic E-state index is -4.72. The van der Waals surface area contributed by atoms with Gasteiger partial charge in [0.15, 0.2) is 5.78 Å². The summed E-state index contributed by atoms with van der Waals surface area (Å²) in [5.41, 5.74) is 0.915. The summed E-state index contributed by atoms with van der Waals surface area (Å²) in [6, 6.07) is 6.77. The summed E-state index contributed by atoms with van der Waals surface area (Å²) in [5.74, 6) is -0.512. The molecule has 0 radical (unpaired) electrons. The van der Waals surface area contributed by atoms with Gasteiger partial charge in [0, 0.05) is 19.7 Å². The van der Waals surface area contributed by atoms with E-state index in [1.807, 2.05) is 0 Å². The molecule has 20 heavy (non-hydrogen) atoms. The molecule has 0 saturated carbocycles. The smallest absolute Gasteiger partial charge is 0.406 e. The third kappa shape index (κ3) is 3.84. The Morgan fingerprint density at radius 3 is 2.40 bits per heavy atom. The SMILES string of the molecule is Cn1ccc(C(=O)Cc2ccc(OC(F)(F)F)cc2)n1. The van der Waals surface area contributed by atoms with Gasteiger partial charge in [-0.1, -0.05) is 12.1 Å². The Morgan fingerprint density at radius 2 is 1.90 bits per heavy atom. The fourth-order valence-corrected chi connectivity index (χ4v) is 1.65. The first-order valence-electron chi connectivity index (χ1n) is 5.71. The minimum Gasteiger partial charge on any atom is -0.406 e. The van der Waals surface area contributed by atoms with Crippen molar-refractivity contribution in [3.63, 3.8) is 0 Å². The molecule has 1 aromatic carbocycles. The van der Waals surface area contributed by atoms with E-state index in [1.54, 1.807) is 19.3 Å². The van der Waals surface area contributed by atoms with E-state index in [9.17, 15) is 18.0 Å². The van der Waals surface area contributed by atoms with E-state index >= 15 is 0 Å². The van der Waals surface area contributed by atoms with Crippen LogP contribution in [0, 0.1) is 0 Å². The van der Waals surface area contributed by atoms with Crippen molar-refractivity contribution in [3.05, 3.63) is 47.8 Å². The first-order chi connectivity index (χ1) is 9.33. The molecular formula is C13H11F3N2O2. The molecule has 0 aliphatic heterocycles. The van der Waals surface area contributed by atoms with Crippen LogP contribution >= 0.6 is 0 Å². The second-order valence-corrected chi connectivity index (χ2v) is 4.17.